The molecule has 0 aliphatic heterocycles. The lowest BCUT2D eigenvalue weighted by Gasteiger charge is -2.21. The van der Waals surface area contributed by atoms with Crippen molar-refractivity contribution in [3.8, 4) is 34.0 Å². The predicted octanol–water partition coefficient (Wildman–Crippen LogP) is 13.4. The number of fused-ring (bicyclic) bond motifs is 7. The van der Waals surface area contributed by atoms with Gasteiger partial charge in [0.25, 0.3) is 0 Å². The van der Waals surface area contributed by atoms with Crippen LogP contribution in [0.4, 0.5) is 0 Å². The van der Waals surface area contributed by atoms with Crippen molar-refractivity contribution >= 4 is 54.6 Å². The normalized spacial score (nSPS) is 12.6. The quantitative estimate of drug-likeness (QED) is 0.196. The SMILES string of the molecule is Cc1ccc(-n2c(-c3cccc4c3[nH]c3ccccc34)nc3c(-c4ccc5c6ccc(C(C)(C)C)cc6n(-c6cc(C(C)(C)C)ccn6)c5c4)cccc32)cc1. The number of aromatic nitrogens is 5. The zero-order valence-corrected chi connectivity index (χ0v) is 33.1. The first kappa shape index (κ1) is 34.1. The molecule has 5 nitrogen and oxygen atoms in total. The van der Waals surface area contributed by atoms with Crippen LogP contribution in [-0.2, 0) is 10.8 Å². The number of para-hydroxylation sites is 3. The van der Waals surface area contributed by atoms with Crippen LogP contribution < -0.4 is 0 Å². The maximum atomic E-state index is 5.58. The number of rotatable bonds is 4. The minimum atomic E-state index is -0.0149. The number of benzene rings is 6. The molecular formula is C51H45N5. The fraction of sp³-hybridized carbons (Fsp3) is 0.176. The Kier molecular flexibility index (Phi) is 7.47. The molecule has 0 saturated heterocycles. The standard InChI is InChI=1S/C51H45N5/c1-31-18-22-35(23-19-31)55-43-17-11-13-36(48(43)54-49(55)41-15-10-14-40-37-12-8-9-16-42(37)53-47(40)41)32-20-24-38-39-25-21-33(50(2,3)4)29-45(39)56(44(38)28-32)46-30-34(26-27-52-46)51(5,6)7/h8-30,53H,1-7H3. The van der Waals surface area contributed by atoms with Gasteiger partial charge in [0.05, 0.1) is 27.6 Å². The van der Waals surface area contributed by atoms with Crippen LogP contribution in [0.25, 0.3) is 88.7 Å². The first-order valence-electron chi connectivity index (χ1n) is 19.6. The average Bonchev–Trinajstić information content (AvgIpc) is 3.87. The Morgan fingerprint density at radius 1 is 0.536 bits per heavy atom. The molecule has 0 unspecified atom stereocenters. The van der Waals surface area contributed by atoms with Crippen molar-refractivity contribution in [2.24, 2.45) is 0 Å². The summed E-state index contributed by atoms with van der Waals surface area (Å²) in [7, 11) is 0. The van der Waals surface area contributed by atoms with Gasteiger partial charge in [0, 0.05) is 50.1 Å². The van der Waals surface area contributed by atoms with E-state index in [1.165, 1.54) is 43.8 Å². The van der Waals surface area contributed by atoms with E-state index in [4.69, 9.17) is 9.97 Å². The smallest absolute Gasteiger partial charge is 0.147 e. The van der Waals surface area contributed by atoms with Crippen LogP contribution in [0, 0.1) is 6.92 Å². The molecule has 0 aliphatic carbocycles. The van der Waals surface area contributed by atoms with E-state index in [2.05, 4.69) is 196 Å². The molecule has 56 heavy (non-hydrogen) atoms. The second kappa shape index (κ2) is 12.3. The topological polar surface area (TPSA) is 51.4 Å². The van der Waals surface area contributed by atoms with Gasteiger partial charge in [-0.15, -0.1) is 0 Å². The zero-order valence-electron chi connectivity index (χ0n) is 33.1. The molecule has 0 radical (unpaired) electrons. The predicted molar refractivity (Wildman–Crippen MR) is 236 cm³/mol. The van der Waals surface area contributed by atoms with Gasteiger partial charge in [-0.3, -0.25) is 9.13 Å². The second-order valence-corrected chi connectivity index (χ2v) is 17.4. The Balaban J connectivity index is 1.25. The number of nitrogens with zero attached hydrogens (tertiary/aromatic N) is 4. The van der Waals surface area contributed by atoms with Crippen molar-refractivity contribution in [3.63, 3.8) is 0 Å². The molecule has 0 atom stereocenters. The van der Waals surface area contributed by atoms with Crippen LogP contribution in [0.15, 0.2) is 140 Å². The molecule has 4 heterocycles. The number of pyridine rings is 1. The summed E-state index contributed by atoms with van der Waals surface area (Å²) >= 11 is 0. The lowest BCUT2D eigenvalue weighted by molar-refractivity contribution is 0.588. The van der Waals surface area contributed by atoms with Gasteiger partial charge in [-0.25, -0.2) is 9.97 Å². The summed E-state index contributed by atoms with van der Waals surface area (Å²) in [5, 5.41) is 4.83. The van der Waals surface area contributed by atoms with Gasteiger partial charge in [0.1, 0.15) is 11.6 Å². The first-order valence-corrected chi connectivity index (χ1v) is 19.6. The van der Waals surface area contributed by atoms with Crippen molar-refractivity contribution in [3.05, 3.63) is 156 Å². The summed E-state index contributed by atoms with van der Waals surface area (Å²) in [6.45, 7) is 15.8. The number of nitrogens with one attached hydrogen (secondary N) is 1. The van der Waals surface area contributed by atoms with E-state index in [-0.39, 0.29) is 10.8 Å². The van der Waals surface area contributed by atoms with Gasteiger partial charge in [-0.1, -0.05) is 126 Å². The summed E-state index contributed by atoms with van der Waals surface area (Å²) in [6.07, 6.45) is 1.96. The van der Waals surface area contributed by atoms with Crippen LogP contribution >= 0.6 is 0 Å². The fourth-order valence-electron chi connectivity index (χ4n) is 8.43. The number of hydrogen-bond acceptors (Lipinski definition) is 2. The third kappa shape index (κ3) is 5.36. The molecule has 0 aliphatic rings. The number of imidazole rings is 1. The lowest BCUT2D eigenvalue weighted by atomic mass is 9.86. The Labute approximate surface area is 327 Å². The van der Waals surface area contributed by atoms with Crippen LogP contribution in [0.2, 0.25) is 0 Å². The fourth-order valence-corrected chi connectivity index (χ4v) is 8.43. The van der Waals surface area contributed by atoms with E-state index < -0.39 is 0 Å². The molecule has 0 amide bonds. The molecule has 0 saturated carbocycles. The molecule has 5 heteroatoms. The molecule has 0 spiro atoms. The van der Waals surface area contributed by atoms with E-state index in [1.807, 2.05) is 6.20 Å². The van der Waals surface area contributed by atoms with E-state index >= 15 is 0 Å². The van der Waals surface area contributed by atoms with Crippen LogP contribution in [0.5, 0.6) is 0 Å². The number of aromatic amines is 1. The van der Waals surface area contributed by atoms with Crippen LogP contribution in [0.1, 0.15) is 58.2 Å². The van der Waals surface area contributed by atoms with E-state index in [0.29, 0.717) is 0 Å². The highest BCUT2D eigenvalue weighted by atomic mass is 15.1. The summed E-state index contributed by atoms with van der Waals surface area (Å²) in [5.74, 6) is 1.83. The highest BCUT2D eigenvalue weighted by Crippen LogP contribution is 2.41. The molecule has 1 N–H and O–H groups in total. The maximum absolute atomic E-state index is 5.58. The second-order valence-electron chi connectivity index (χ2n) is 17.4. The monoisotopic (exact) mass is 727 g/mol. The largest absolute Gasteiger partial charge is 0.354 e. The molecule has 274 valence electrons. The summed E-state index contributed by atoms with van der Waals surface area (Å²) < 4.78 is 4.69. The minimum absolute atomic E-state index is 0.00211. The molecular weight excluding hydrogens is 683 g/mol. The minimum Gasteiger partial charge on any atom is -0.354 e. The zero-order chi connectivity index (χ0) is 38.5. The number of H-pyrrole nitrogens is 1. The first-order chi connectivity index (χ1) is 26.9. The van der Waals surface area contributed by atoms with Crippen molar-refractivity contribution in [1.29, 1.82) is 0 Å². The molecule has 4 aromatic heterocycles. The molecule has 10 rings (SSSR count). The highest BCUT2D eigenvalue weighted by Gasteiger charge is 2.23. The van der Waals surface area contributed by atoms with Gasteiger partial charge in [0.15, 0.2) is 0 Å². The molecule has 6 aromatic carbocycles. The Hall–Kier alpha value is -6.46. The van der Waals surface area contributed by atoms with Gasteiger partial charge in [-0.2, -0.15) is 0 Å². The lowest BCUT2D eigenvalue weighted by Crippen LogP contribution is -2.12. The number of aryl methyl sites for hydroxylation is 1. The van der Waals surface area contributed by atoms with Crippen molar-refractivity contribution < 1.29 is 0 Å². The summed E-state index contributed by atoms with van der Waals surface area (Å²) in [5.41, 5.74) is 14.6. The van der Waals surface area contributed by atoms with E-state index in [1.54, 1.807) is 0 Å². The third-order valence-electron chi connectivity index (χ3n) is 11.5. The molecule has 10 aromatic rings. The molecule has 0 fully saturated rings. The Bertz CT molecular complexity index is 3160. The van der Waals surface area contributed by atoms with Gasteiger partial charge < -0.3 is 4.98 Å². The van der Waals surface area contributed by atoms with Gasteiger partial charge in [0.2, 0.25) is 0 Å². The van der Waals surface area contributed by atoms with Crippen LogP contribution in [0.3, 0.4) is 0 Å². The van der Waals surface area contributed by atoms with E-state index in [0.717, 1.165) is 61.6 Å². The van der Waals surface area contributed by atoms with Crippen molar-refractivity contribution in [1.82, 2.24) is 24.1 Å². The average molecular weight is 728 g/mol. The van der Waals surface area contributed by atoms with Crippen molar-refractivity contribution in [2.45, 2.75) is 59.3 Å². The Morgan fingerprint density at radius 2 is 1.21 bits per heavy atom. The maximum Gasteiger partial charge on any atom is 0.147 e. The Morgan fingerprint density at radius 3 is 2.00 bits per heavy atom. The molecule has 0 bridgehead atoms. The van der Waals surface area contributed by atoms with Gasteiger partial charge >= 0.3 is 0 Å². The summed E-state index contributed by atoms with van der Waals surface area (Å²) in [6, 6.07) is 48.7. The highest BCUT2D eigenvalue weighted by molar-refractivity contribution is 6.13. The number of hydrogen-bond donors (Lipinski definition) is 1. The van der Waals surface area contributed by atoms with Crippen LogP contribution in [-0.4, -0.2) is 24.1 Å². The third-order valence-corrected chi connectivity index (χ3v) is 11.5. The van der Waals surface area contributed by atoms with Crippen molar-refractivity contribution in [2.75, 3.05) is 0 Å². The van der Waals surface area contributed by atoms with Gasteiger partial charge in [-0.05, 0) is 89.0 Å². The summed E-state index contributed by atoms with van der Waals surface area (Å²) in [4.78, 5) is 14.3. The van der Waals surface area contributed by atoms with E-state index in [9.17, 15) is 0 Å².